The lowest BCUT2D eigenvalue weighted by Crippen LogP contribution is -2.20. The standard InChI is InChI=1S/C17H24N4/c1-5-7-15-16(18-4)19-12-20-17(15)21(6-2)14-10-8-13(3)9-11-14/h8-12H,5-7H2,1-4H3,(H,18,19,20). The Hall–Kier alpha value is -2.10. The first-order valence-electron chi connectivity index (χ1n) is 7.57. The van der Waals surface area contributed by atoms with Crippen LogP contribution in [0.4, 0.5) is 17.3 Å². The molecule has 1 N–H and O–H groups in total. The molecule has 2 rings (SSSR count). The van der Waals surface area contributed by atoms with E-state index in [1.807, 2.05) is 7.05 Å². The Bertz CT molecular complexity index is 578. The van der Waals surface area contributed by atoms with Crippen molar-refractivity contribution in [3.8, 4) is 0 Å². The van der Waals surface area contributed by atoms with Crippen molar-refractivity contribution in [2.45, 2.75) is 33.6 Å². The van der Waals surface area contributed by atoms with E-state index in [1.54, 1.807) is 6.33 Å². The van der Waals surface area contributed by atoms with Crippen LogP contribution in [0.2, 0.25) is 0 Å². The van der Waals surface area contributed by atoms with E-state index in [1.165, 1.54) is 16.8 Å². The molecule has 0 radical (unpaired) electrons. The average Bonchev–Trinajstić information content (AvgIpc) is 2.51. The smallest absolute Gasteiger partial charge is 0.141 e. The third-order valence-electron chi connectivity index (χ3n) is 3.58. The summed E-state index contributed by atoms with van der Waals surface area (Å²) in [6.45, 7) is 7.31. The molecule has 0 saturated heterocycles. The zero-order valence-electron chi connectivity index (χ0n) is 13.3. The first-order valence-corrected chi connectivity index (χ1v) is 7.57. The SMILES string of the molecule is CCCc1c(NC)ncnc1N(CC)c1ccc(C)cc1. The zero-order chi connectivity index (χ0) is 15.2. The summed E-state index contributed by atoms with van der Waals surface area (Å²) in [6, 6.07) is 8.57. The minimum Gasteiger partial charge on any atom is -0.373 e. The largest absolute Gasteiger partial charge is 0.373 e. The van der Waals surface area contributed by atoms with E-state index in [0.717, 1.165) is 31.0 Å². The fraction of sp³-hybridized carbons (Fsp3) is 0.412. The summed E-state index contributed by atoms with van der Waals surface area (Å²) in [5.41, 5.74) is 3.62. The molecule has 1 aromatic carbocycles. The third-order valence-corrected chi connectivity index (χ3v) is 3.58. The normalized spacial score (nSPS) is 10.5. The lowest BCUT2D eigenvalue weighted by atomic mass is 10.1. The molecule has 0 saturated carbocycles. The van der Waals surface area contributed by atoms with Crippen LogP contribution in [0, 0.1) is 6.92 Å². The number of nitrogens with zero attached hydrogens (tertiary/aromatic N) is 3. The molecule has 0 unspecified atom stereocenters. The van der Waals surface area contributed by atoms with Crippen LogP contribution < -0.4 is 10.2 Å². The molecule has 4 heteroatoms. The third kappa shape index (κ3) is 3.32. The van der Waals surface area contributed by atoms with Gasteiger partial charge in [-0.1, -0.05) is 31.0 Å². The first kappa shape index (κ1) is 15.3. The number of rotatable bonds is 6. The van der Waals surface area contributed by atoms with Crippen molar-refractivity contribution < 1.29 is 0 Å². The van der Waals surface area contributed by atoms with E-state index in [0.29, 0.717) is 0 Å². The number of nitrogens with one attached hydrogen (secondary N) is 1. The minimum absolute atomic E-state index is 0.875. The van der Waals surface area contributed by atoms with Crippen LogP contribution in [0.3, 0.4) is 0 Å². The molecule has 0 aliphatic rings. The van der Waals surface area contributed by atoms with Crippen molar-refractivity contribution in [2.75, 3.05) is 23.8 Å². The maximum Gasteiger partial charge on any atom is 0.141 e. The van der Waals surface area contributed by atoms with Gasteiger partial charge >= 0.3 is 0 Å². The molecule has 21 heavy (non-hydrogen) atoms. The maximum absolute atomic E-state index is 4.55. The van der Waals surface area contributed by atoms with Gasteiger partial charge in [-0.15, -0.1) is 0 Å². The molecular weight excluding hydrogens is 260 g/mol. The fourth-order valence-corrected chi connectivity index (χ4v) is 2.51. The average molecular weight is 284 g/mol. The number of anilines is 3. The summed E-state index contributed by atoms with van der Waals surface area (Å²) in [7, 11) is 1.91. The second-order valence-electron chi connectivity index (χ2n) is 5.10. The number of aromatic nitrogens is 2. The van der Waals surface area contributed by atoms with Crippen LogP contribution >= 0.6 is 0 Å². The Morgan fingerprint density at radius 1 is 1.10 bits per heavy atom. The molecule has 0 bridgehead atoms. The van der Waals surface area contributed by atoms with Crippen molar-refractivity contribution >= 4 is 17.3 Å². The molecule has 4 nitrogen and oxygen atoms in total. The molecule has 1 heterocycles. The van der Waals surface area contributed by atoms with Crippen molar-refractivity contribution in [2.24, 2.45) is 0 Å². The molecule has 1 aromatic heterocycles. The number of hydrogen-bond donors (Lipinski definition) is 1. The van der Waals surface area contributed by atoms with Crippen molar-refractivity contribution in [1.82, 2.24) is 9.97 Å². The molecule has 0 atom stereocenters. The van der Waals surface area contributed by atoms with Crippen LogP contribution in [0.15, 0.2) is 30.6 Å². The monoisotopic (exact) mass is 284 g/mol. The molecule has 112 valence electrons. The van der Waals surface area contributed by atoms with E-state index in [2.05, 4.69) is 65.2 Å². The van der Waals surface area contributed by atoms with Gasteiger partial charge in [0, 0.05) is 24.8 Å². The van der Waals surface area contributed by atoms with Gasteiger partial charge in [0.1, 0.15) is 18.0 Å². The van der Waals surface area contributed by atoms with E-state index < -0.39 is 0 Å². The molecule has 0 aliphatic carbocycles. The van der Waals surface area contributed by atoms with Crippen LogP contribution in [-0.2, 0) is 6.42 Å². The topological polar surface area (TPSA) is 41.1 Å². The highest BCUT2D eigenvalue weighted by atomic mass is 15.2. The van der Waals surface area contributed by atoms with Gasteiger partial charge in [-0.3, -0.25) is 0 Å². The summed E-state index contributed by atoms with van der Waals surface area (Å²) in [5, 5.41) is 3.18. The summed E-state index contributed by atoms with van der Waals surface area (Å²) >= 11 is 0. The van der Waals surface area contributed by atoms with Gasteiger partial charge in [-0.2, -0.15) is 0 Å². The highest BCUT2D eigenvalue weighted by Crippen LogP contribution is 2.30. The second kappa shape index (κ2) is 7.07. The quantitative estimate of drug-likeness (QED) is 0.872. The van der Waals surface area contributed by atoms with Gasteiger partial charge in [0.05, 0.1) is 0 Å². The molecule has 2 aromatic rings. The van der Waals surface area contributed by atoms with Crippen LogP contribution in [0.1, 0.15) is 31.4 Å². The number of benzene rings is 1. The van der Waals surface area contributed by atoms with Crippen molar-refractivity contribution in [3.05, 3.63) is 41.7 Å². The van der Waals surface area contributed by atoms with Gasteiger partial charge in [0.2, 0.25) is 0 Å². The predicted molar refractivity (Wildman–Crippen MR) is 89.4 cm³/mol. The van der Waals surface area contributed by atoms with Gasteiger partial charge in [-0.25, -0.2) is 9.97 Å². The Balaban J connectivity index is 2.48. The Morgan fingerprint density at radius 2 is 1.81 bits per heavy atom. The number of aryl methyl sites for hydroxylation is 1. The molecule has 0 amide bonds. The Labute approximate surface area is 127 Å². The van der Waals surface area contributed by atoms with Gasteiger partial charge < -0.3 is 10.2 Å². The highest BCUT2D eigenvalue weighted by molar-refractivity contribution is 5.67. The van der Waals surface area contributed by atoms with E-state index >= 15 is 0 Å². The van der Waals surface area contributed by atoms with Crippen LogP contribution in [0.25, 0.3) is 0 Å². The van der Waals surface area contributed by atoms with E-state index in [9.17, 15) is 0 Å². The first-order chi connectivity index (χ1) is 10.2. The van der Waals surface area contributed by atoms with Gasteiger partial charge in [0.25, 0.3) is 0 Å². The fourth-order valence-electron chi connectivity index (χ4n) is 2.51. The maximum atomic E-state index is 4.55. The summed E-state index contributed by atoms with van der Waals surface area (Å²) < 4.78 is 0. The summed E-state index contributed by atoms with van der Waals surface area (Å²) in [5.74, 6) is 1.93. The van der Waals surface area contributed by atoms with E-state index in [-0.39, 0.29) is 0 Å². The molecule has 0 spiro atoms. The van der Waals surface area contributed by atoms with E-state index in [4.69, 9.17) is 0 Å². The highest BCUT2D eigenvalue weighted by Gasteiger charge is 2.16. The lowest BCUT2D eigenvalue weighted by Gasteiger charge is -2.25. The summed E-state index contributed by atoms with van der Waals surface area (Å²) in [6.07, 6.45) is 3.67. The Kier molecular flexibility index (Phi) is 5.14. The van der Waals surface area contributed by atoms with Crippen molar-refractivity contribution in [3.63, 3.8) is 0 Å². The van der Waals surface area contributed by atoms with Gasteiger partial charge in [0.15, 0.2) is 0 Å². The predicted octanol–water partition coefficient (Wildman–Crippen LogP) is 3.94. The van der Waals surface area contributed by atoms with Gasteiger partial charge in [-0.05, 0) is 32.4 Å². The Morgan fingerprint density at radius 3 is 2.38 bits per heavy atom. The lowest BCUT2D eigenvalue weighted by molar-refractivity contribution is 0.878. The van der Waals surface area contributed by atoms with Crippen molar-refractivity contribution in [1.29, 1.82) is 0 Å². The van der Waals surface area contributed by atoms with Crippen LogP contribution in [-0.4, -0.2) is 23.6 Å². The zero-order valence-corrected chi connectivity index (χ0v) is 13.3. The molecule has 0 aliphatic heterocycles. The minimum atomic E-state index is 0.875. The number of hydrogen-bond acceptors (Lipinski definition) is 4. The van der Waals surface area contributed by atoms with Crippen LogP contribution in [0.5, 0.6) is 0 Å². The molecular formula is C17H24N4. The molecule has 0 fully saturated rings. The summed E-state index contributed by atoms with van der Waals surface area (Å²) in [4.78, 5) is 11.1. The second-order valence-corrected chi connectivity index (χ2v) is 5.10.